The molecule has 0 fully saturated rings. The largest absolute Gasteiger partial charge is 0.315 e. The molecule has 0 aliphatic heterocycles. The van der Waals surface area contributed by atoms with Gasteiger partial charge in [0.2, 0.25) is 0 Å². The number of hydrogen-bond donors (Lipinski definition) is 1. The molecule has 0 saturated carbocycles. The van der Waals surface area contributed by atoms with E-state index in [0.29, 0.717) is 0 Å². The van der Waals surface area contributed by atoms with Gasteiger partial charge in [0.05, 0.1) is 0 Å². The smallest absolute Gasteiger partial charge is 0.0231 e. The number of likely N-dealkylation sites (N-methyl/N-ethyl adjacent to an activating group) is 1. The number of nitrogens with zero attached hydrogens (tertiary/aromatic N) is 1. The summed E-state index contributed by atoms with van der Waals surface area (Å²) in [5.41, 5.74) is 2.75. The summed E-state index contributed by atoms with van der Waals surface area (Å²) >= 11 is 0. The van der Waals surface area contributed by atoms with Crippen LogP contribution in [-0.2, 0) is 6.54 Å². The third-order valence-electron chi connectivity index (χ3n) is 2.91. The Balaban J connectivity index is 2.18. The molecule has 0 saturated heterocycles. The van der Waals surface area contributed by atoms with Gasteiger partial charge in [-0.25, -0.2) is 0 Å². The summed E-state index contributed by atoms with van der Waals surface area (Å²) in [6.45, 7) is 8.76. The van der Waals surface area contributed by atoms with Gasteiger partial charge in [0.15, 0.2) is 0 Å². The molecule has 0 bridgehead atoms. The van der Waals surface area contributed by atoms with Gasteiger partial charge in [-0.05, 0) is 32.5 Å². The molecule has 0 aliphatic rings. The van der Waals surface area contributed by atoms with Crippen molar-refractivity contribution in [1.29, 1.82) is 0 Å². The number of rotatable bonds is 8. The van der Waals surface area contributed by atoms with Gasteiger partial charge in [0.1, 0.15) is 0 Å². The highest BCUT2D eigenvalue weighted by atomic mass is 15.1. The molecule has 0 radical (unpaired) electrons. The number of hydrogen-bond acceptors (Lipinski definition) is 2. The first-order chi connectivity index (χ1) is 8.22. The quantitative estimate of drug-likeness (QED) is 0.696. The highest BCUT2D eigenvalue weighted by Gasteiger charge is 1.99. The van der Waals surface area contributed by atoms with Crippen LogP contribution >= 0.6 is 0 Å². The van der Waals surface area contributed by atoms with Crippen LogP contribution in [0.25, 0.3) is 0 Å². The maximum atomic E-state index is 3.47. The third kappa shape index (κ3) is 6.44. The van der Waals surface area contributed by atoms with E-state index >= 15 is 0 Å². The van der Waals surface area contributed by atoms with Crippen LogP contribution in [0, 0.1) is 6.92 Å². The SMILES string of the molecule is CCCCNCCN(C)Cc1cccc(C)c1. The van der Waals surface area contributed by atoms with Gasteiger partial charge in [-0.2, -0.15) is 0 Å². The van der Waals surface area contributed by atoms with E-state index < -0.39 is 0 Å². The first kappa shape index (κ1) is 14.2. The molecule has 17 heavy (non-hydrogen) atoms. The number of nitrogens with one attached hydrogen (secondary N) is 1. The Labute approximate surface area is 106 Å². The Morgan fingerprint density at radius 2 is 2.06 bits per heavy atom. The van der Waals surface area contributed by atoms with Crippen molar-refractivity contribution in [1.82, 2.24) is 10.2 Å². The summed E-state index contributed by atoms with van der Waals surface area (Å²) in [6, 6.07) is 8.75. The molecule has 0 aromatic heterocycles. The Hall–Kier alpha value is -0.860. The highest BCUT2D eigenvalue weighted by molar-refractivity contribution is 5.21. The molecule has 0 heterocycles. The molecule has 0 spiro atoms. The molecule has 1 N–H and O–H groups in total. The molecular formula is C15H26N2. The van der Waals surface area contributed by atoms with Gasteiger partial charge in [0.25, 0.3) is 0 Å². The van der Waals surface area contributed by atoms with Crippen molar-refractivity contribution in [2.24, 2.45) is 0 Å². The van der Waals surface area contributed by atoms with E-state index in [1.165, 1.54) is 24.0 Å². The van der Waals surface area contributed by atoms with Crippen LogP contribution in [0.3, 0.4) is 0 Å². The normalized spacial score (nSPS) is 11.1. The van der Waals surface area contributed by atoms with E-state index in [0.717, 1.165) is 26.2 Å². The van der Waals surface area contributed by atoms with Crippen LogP contribution in [0.2, 0.25) is 0 Å². The second-order valence-electron chi connectivity index (χ2n) is 4.83. The highest BCUT2D eigenvalue weighted by Crippen LogP contribution is 2.05. The number of benzene rings is 1. The topological polar surface area (TPSA) is 15.3 Å². The molecule has 0 amide bonds. The zero-order chi connectivity index (χ0) is 12.5. The van der Waals surface area contributed by atoms with E-state index in [2.05, 4.69) is 55.4 Å². The molecule has 1 aromatic carbocycles. The fraction of sp³-hybridized carbons (Fsp3) is 0.600. The van der Waals surface area contributed by atoms with Crippen LogP contribution < -0.4 is 5.32 Å². The molecule has 2 nitrogen and oxygen atoms in total. The average molecular weight is 234 g/mol. The summed E-state index contributed by atoms with van der Waals surface area (Å²) in [7, 11) is 2.18. The first-order valence-electron chi connectivity index (χ1n) is 6.67. The van der Waals surface area contributed by atoms with Crippen molar-refractivity contribution in [2.45, 2.75) is 33.2 Å². The first-order valence-corrected chi connectivity index (χ1v) is 6.67. The van der Waals surface area contributed by atoms with Gasteiger partial charge in [-0.3, -0.25) is 0 Å². The molecule has 2 heteroatoms. The number of unbranched alkanes of at least 4 members (excludes halogenated alkanes) is 1. The predicted octanol–water partition coefficient (Wildman–Crippen LogP) is 2.82. The van der Waals surface area contributed by atoms with Crippen LogP contribution in [0.15, 0.2) is 24.3 Å². The van der Waals surface area contributed by atoms with Crippen LogP contribution in [-0.4, -0.2) is 31.6 Å². The zero-order valence-corrected chi connectivity index (χ0v) is 11.5. The van der Waals surface area contributed by atoms with Gasteiger partial charge in [0, 0.05) is 19.6 Å². The molecule has 0 atom stereocenters. The maximum Gasteiger partial charge on any atom is 0.0231 e. The number of aryl methyl sites for hydroxylation is 1. The zero-order valence-electron chi connectivity index (χ0n) is 11.5. The van der Waals surface area contributed by atoms with Crippen LogP contribution in [0.5, 0.6) is 0 Å². The van der Waals surface area contributed by atoms with E-state index in [-0.39, 0.29) is 0 Å². The van der Waals surface area contributed by atoms with Crippen molar-refractivity contribution in [3.8, 4) is 0 Å². The lowest BCUT2D eigenvalue weighted by molar-refractivity contribution is 0.324. The lowest BCUT2D eigenvalue weighted by atomic mass is 10.1. The van der Waals surface area contributed by atoms with E-state index in [4.69, 9.17) is 0 Å². The lowest BCUT2D eigenvalue weighted by Gasteiger charge is -2.17. The van der Waals surface area contributed by atoms with Crippen LogP contribution in [0.1, 0.15) is 30.9 Å². The second-order valence-corrected chi connectivity index (χ2v) is 4.83. The van der Waals surface area contributed by atoms with E-state index in [1.54, 1.807) is 0 Å². The fourth-order valence-corrected chi connectivity index (χ4v) is 1.90. The van der Waals surface area contributed by atoms with Gasteiger partial charge in [-0.1, -0.05) is 43.2 Å². The summed E-state index contributed by atoms with van der Waals surface area (Å²) in [6.07, 6.45) is 2.55. The van der Waals surface area contributed by atoms with Gasteiger partial charge < -0.3 is 10.2 Å². The molecule has 96 valence electrons. The Morgan fingerprint density at radius 3 is 2.76 bits per heavy atom. The monoisotopic (exact) mass is 234 g/mol. The van der Waals surface area contributed by atoms with Crippen molar-refractivity contribution in [3.63, 3.8) is 0 Å². The van der Waals surface area contributed by atoms with E-state index in [9.17, 15) is 0 Å². The predicted molar refractivity (Wildman–Crippen MR) is 75.3 cm³/mol. The minimum atomic E-state index is 1.04. The molecule has 0 unspecified atom stereocenters. The fourth-order valence-electron chi connectivity index (χ4n) is 1.90. The Morgan fingerprint density at radius 1 is 1.24 bits per heavy atom. The van der Waals surface area contributed by atoms with Gasteiger partial charge in [-0.15, -0.1) is 0 Å². The average Bonchev–Trinajstić information content (AvgIpc) is 2.29. The van der Waals surface area contributed by atoms with Gasteiger partial charge >= 0.3 is 0 Å². The summed E-state index contributed by atoms with van der Waals surface area (Å²) < 4.78 is 0. The Kier molecular flexibility index (Phi) is 6.90. The molecule has 1 rings (SSSR count). The molecule has 0 aliphatic carbocycles. The van der Waals surface area contributed by atoms with Crippen molar-refractivity contribution >= 4 is 0 Å². The molecular weight excluding hydrogens is 208 g/mol. The molecule has 1 aromatic rings. The van der Waals surface area contributed by atoms with Crippen molar-refractivity contribution in [3.05, 3.63) is 35.4 Å². The minimum Gasteiger partial charge on any atom is -0.315 e. The minimum absolute atomic E-state index is 1.04. The van der Waals surface area contributed by atoms with Crippen molar-refractivity contribution in [2.75, 3.05) is 26.7 Å². The summed E-state index contributed by atoms with van der Waals surface area (Å²) in [4.78, 5) is 2.37. The lowest BCUT2D eigenvalue weighted by Crippen LogP contribution is -2.29. The summed E-state index contributed by atoms with van der Waals surface area (Å²) in [5, 5.41) is 3.47. The summed E-state index contributed by atoms with van der Waals surface area (Å²) in [5.74, 6) is 0. The third-order valence-corrected chi connectivity index (χ3v) is 2.91. The maximum absolute atomic E-state index is 3.47. The van der Waals surface area contributed by atoms with Crippen molar-refractivity contribution < 1.29 is 0 Å². The van der Waals surface area contributed by atoms with Crippen LogP contribution in [0.4, 0.5) is 0 Å². The Bertz CT molecular complexity index is 310. The van der Waals surface area contributed by atoms with E-state index in [1.807, 2.05) is 0 Å². The standard InChI is InChI=1S/C15H26N2/c1-4-5-9-16-10-11-17(3)13-15-8-6-7-14(2)12-15/h6-8,12,16H,4-5,9-11,13H2,1-3H3. The second kappa shape index (κ2) is 8.26.